The van der Waals surface area contributed by atoms with Crippen molar-refractivity contribution in [3.05, 3.63) is 35.4 Å². The molecule has 0 radical (unpaired) electrons. The predicted molar refractivity (Wildman–Crippen MR) is 72.3 cm³/mol. The quantitative estimate of drug-likeness (QED) is 0.759. The van der Waals surface area contributed by atoms with Crippen molar-refractivity contribution in [3.8, 4) is 0 Å². The van der Waals surface area contributed by atoms with E-state index in [1.54, 1.807) is 0 Å². The van der Waals surface area contributed by atoms with E-state index in [2.05, 4.69) is 31.2 Å². The Morgan fingerprint density at radius 1 is 1.29 bits per heavy atom. The van der Waals surface area contributed by atoms with Crippen LogP contribution in [0.25, 0.3) is 0 Å². The van der Waals surface area contributed by atoms with Gasteiger partial charge in [-0.05, 0) is 36.8 Å². The number of aliphatic hydroxyl groups excluding tert-OH is 1. The maximum atomic E-state index is 10.3. The fourth-order valence-electron chi connectivity index (χ4n) is 3.00. The van der Waals surface area contributed by atoms with Crippen molar-refractivity contribution in [2.75, 3.05) is 0 Å². The highest BCUT2D eigenvalue weighted by molar-refractivity contribution is 5.33. The van der Waals surface area contributed by atoms with Crippen molar-refractivity contribution in [1.29, 1.82) is 0 Å². The number of rotatable bonds is 5. The van der Waals surface area contributed by atoms with Crippen molar-refractivity contribution in [3.63, 3.8) is 0 Å². The molecule has 0 bridgehead atoms. The van der Waals surface area contributed by atoms with Crippen LogP contribution >= 0.6 is 0 Å². The number of unbranched alkanes of at least 4 members (excludes halogenated alkanes) is 2. The Balaban J connectivity index is 2.02. The molecule has 2 unspecified atom stereocenters. The second kappa shape index (κ2) is 6.20. The number of benzene rings is 1. The summed E-state index contributed by atoms with van der Waals surface area (Å²) in [6, 6.07) is 8.66. The molecule has 0 heterocycles. The number of aryl methyl sites for hydroxylation is 1. The molecule has 2 atom stereocenters. The number of hydrogen-bond donors (Lipinski definition) is 1. The van der Waals surface area contributed by atoms with Crippen molar-refractivity contribution in [1.82, 2.24) is 0 Å². The zero-order chi connectivity index (χ0) is 12.1. The summed E-state index contributed by atoms with van der Waals surface area (Å²) >= 11 is 0. The monoisotopic (exact) mass is 232 g/mol. The second-order valence-electron chi connectivity index (χ2n) is 5.26. The molecular weight excluding hydrogens is 208 g/mol. The SMILES string of the molecule is CCCCCC(O)C1CCCc2ccccc21. The van der Waals surface area contributed by atoms with E-state index < -0.39 is 0 Å². The van der Waals surface area contributed by atoms with Crippen LogP contribution in [-0.4, -0.2) is 11.2 Å². The molecule has 1 heteroatoms. The molecule has 94 valence electrons. The largest absolute Gasteiger partial charge is 0.392 e. The molecular formula is C16H24O. The van der Waals surface area contributed by atoms with Crippen LogP contribution in [0.15, 0.2) is 24.3 Å². The maximum absolute atomic E-state index is 10.3. The third-order valence-corrected chi connectivity index (χ3v) is 3.98. The van der Waals surface area contributed by atoms with Gasteiger partial charge in [0.15, 0.2) is 0 Å². The fourth-order valence-corrected chi connectivity index (χ4v) is 3.00. The molecule has 1 aliphatic rings. The lowest BCUT2D eigenvalue weighted by atomic mass is 9.78. The number of fused-ring (bicyclic) bond motifs is 1. The lowest BCUT2D eigenvalue weighted by Crippen LogP contribution is -2.22. The Morgan fingerprint density at radius 3 is 2.94 bits per heavy atom. The number of hydrogen-bond acceptors (Lipinski definition) is 1. The minimum Gasteiger partial charge on any atom is -0.392 e. The Labute approximate surface area is 105 Å². The summed E-state index contributed by atoms with van der Waals surface area (Å²) in [4.78, 5) is 0. The zero-order valence-corrected chi connectivity index (χ0v) is 10.9. The van der Waals surface area contributed by atoms with Gasteiger partial charge in [0, 0.05) is 5.92 Å². The summed E-state index contributed by atoms with van der Waals surface area (Å²) in [7, 11) is 0. The van der Waals surface area contributed by atoms with E-state index in [4.69, 9.17) is 0 Å². The van der Waals surface area contributed by atoms with Gasteiger partial charge in [-0.15, -0.1) is 0 Å². The molecule has 0 amide bonds. The normalized spacial score (nSPS) is 20.9. The first kappa shape index (κ1) is 12.6. The molecule has 0 aromatic heterocycles. The van der Waals surface area contributed by atoms with E-state index in [0.29, 0.717) is 5.92 Å². The summed E-state index contributed by atoms with van der Waals surface area (Å²) in [5, 5.41) is 10.3. The molecule has 0 aliphatic heterocycles. The summed E-state index contributed by atoms with van der Waals surface area (Å²) in [5.74, 6) is 0.386. The molecule has 1 aromatic carbocycles. The van der Waals surface area contributed by atoms with Crippen molar-refractivity contribution < 1.29 is 5.11 Å². The van der Waals surface area contributed by atoms with Crippen LogP contribution in [0.4, 0.5) is 0 Å². The zero-order valence-electron chi connectivity index (χ0n) is 10.9. The number of aliphatic hydroxyl groups is 1. The smallest absolute Gasteiger partial charge is 0.0608 e. The third kappa shape index (κ3) is 3.10. The molecule has 0 fully saturated rings. The predicted octanol–water partition coefficient (Wildman–Crippen LogP) is 4.05. The van der Waals surface area contributed by atoms with Crippen LogP contribution in [0, 0.1) is 0 Å². The van der Waals surface area contributed by atoms with Gasteiger partial charge in [0.2, 0.25) is 0 Å². The van der Waals surface area contributed by atoms with Gasteiger partial charge in [-0.1, -0.05) is 50.5 Å². The molecule has 17 heavy (non-hydrogen) atoms. The highest BCUT2D eigenvalue weighted by Gasteiger charge is 2.25. The van der Waals surface area contributed by atoms with Crippen molar-refractivity contribution >= 4 is 0 Å². The Bertz CT molecular complexity index is 345. The Kier molecular flexibility index (Phi) is 4.61. The first-order valence-electron chi connectivity index (χ1n) is 7.08. The Morgan fingerprint density at radius 2 is 2.12 bits per heavy atom. The van der Waals surface area contributed by atoms with Crippen molar-refractivity contribution in [2.24, 2.45) is 0 Å². The van der Waals surface area contributed by atoms with E-state index in [1.807, 2.05) is 0 Å². The minimum absolute atomic E-state index is 0.136. The standard InChI is InChI=1S/C16H24O/c1-2-3-4-12-16(17)15-11-7-9-13-8-5-6-10-14(13)15/h5-6,8,10,15-17H,2-4,7,9,11-12H2,1H3. The highest BCUT2D eigenvalue weighted by atomic mass is 16.3. The lowest BCUT2D eigenvalue weighted by molar-refractivity contribution is 0.122. The minimum atomic E-state index is -0.136. The van der Waals surface area contributed by atoms with Gasteiger partial charge in [-0.3, -0.25) is 0 Å². The van der Waals surface area contributed by atoms with Gasteiger partial charge in [0.25, 0.3) is 0 Å². The van der Waals surface area contributed by atoms with Crippen LogP contribution in [0.2, 0.25) is 0 Å². The molecule has 1 nitrogen and oxygen atoms in total. The van der Waals surface area contributed by atoms with Crippen molar-refractivity contribution in [2.45, 2.75) is 63.9 Å². The first-order valence-corrected chi connectivity index (χ1v) is 7.08. The molecule has 2 rings (SSSR count). The van der Waals surface area contributed by atoms with Gasteiger partial charge >= 0.3 is 0 Å². The maximum Gasteiger partial charge on any atom is 0.0608 e. The molecule has 1 N–H and O–H groups in total. The van der Waals surface area contributed by atoms with E-state index in [-0.39, 0.29) is 6.10 Å². The lowest BCUT2D eigenvalue weighted by Gasteiger charge is -2.29. The third-order valence-electron chi connectivity index (χ3n) is 3.98. The Hall–Kier alpha value is -0.820. The summed E-state index contributed by atoms with van der Waals surface area (Å²) in [6.45, 7) is 2.21. The second-order valence-corrected chi connectivity index (χ2v) is 5.26. The molecule has 0 saturated carbocycles. The topological polar surface area (TPSA) is 20.2 Å². The summed E-state index contributed by atoms with van der Waals surface area (Å²) in [6.07, 6.45) is 8.04. The van der Waals surface area contributed by atoms with E-state index in [9.17, 15) is 5.11 Å². The average Bonchev–Trinajstić information content (AvgIpc) is 2.38. The molecule has 0 saturated heterocycles. The fraction of sp³-hybridized carbons (Fsp3) is 0.625. The van der Waals surface area contributed by atoms with Crippen LogP contribution in [0.3, 0.4) is 0 Å². The molecule has 0 spiro atoms. The van der Waals surface area contributed by atoms with Gasteiger partial charge < -0.3 is 5.11 Å². The van der Waals surface area contributed by atoms with E-state index in [1.165, 1.54) is 36.8 Å². The van der Waals surface area contributed by atoms with Gasteiger partial charge in [0.1, 0.15) is 0 Å². The van der Waals surface area contributed by atoms with E-state index >= 15 is 0 Å². The van der Waals surface area contributed by atoms with Crippen LogP contribution in [0.5, 0.6) is 0 Å². The van der Waals surface area contributed by atoms with Gasteiger partial charge in [-0.25, -0.2) is 0 Å². The van der Waals surface area contributed by atoms with Crippen LogP contribution in [0.1, 0.15) is 62.5 Å². The summed E-state index contributed by atoms with van der Waals surface area (Å²) in [5.41, 5.74) is 2.86. The first-order chi connectivity index (χ1) is 8.33. The average molecular weight is 232 g/mol. The van der Waals surface area contributed by atoms with Crippen LogP contribution in [-0.2, 0) is 6.42 Å². The molecule has 1 aromatic rings. The van der Waals surface area contributed by atoms with E-state index in [0.717, 1.165) is 19.3 Å². The molecule has 1 aliphatic carbocycles. The highest BCUT2D eigenvalue weighted by Crippen LogP contribution is 2.35. The van der Waals surface area contributed by atoms with Crippen LogP contribution < -0.4 is 0 Å². The van der Waals surface area contributed by atoms with Gasteiger partial charge in [-0.2, -0.15) is 0 Å². The van der Waals surface area contributed by atoms with Gasteiger partial charge in [0.05, 0.1) is 6.10 Å². The summed E-state index contributed by atoms with van der Waals surface area (Å²) < 4.78 is 0.